The molecule has 28 heavy (non-hydrogen) atoms. The number of rotatable bonds is 7. The largest absolute Gasteiger partial charge is 0.379 e. The summed E-state index contributed by atoms with van der Waals surface area (Å²) in [7, 11) is 1.77. The van der Waals surface area contributed by atoms with Crippen molar-refractivity contribution in [3.05, 3.63) is 58.0 Å². The Balaban J connectivity index is 1.61. The van der Waals surface area contributed by atoms with Crippen LogP contribution in [-0.2, 0) is 4.74 Å². The summed E-state index contributed by atoms with van der Waals surface area (Å²) >= 11 is 1.77. The number of nitrogens with one attached hydrogen (secondary N) is 2. The number of aliphatic imine (C=N–C) groups is 1. The van der Waals surface area contributed by atoms with Crippen LogP contribution in [0.3, 0.4) is 0 Å². The first-order valence-corrected chi connectivity index (χ1v) is 10.6. The van der Waals surface area contributed by atoms with Crippen LogP contribution in [0.1, 0.15) is 29.3 Å². The highest BCUT2D eigenvalue weighted by Gasteiger charge is 2.23. The second kappa shape index (κ2) is 10.5. The molecular formula is C21H29FN4OS. The van der Waals surface area contributed by atoms with Crippen molar-refractivity contribution in [1.82, 2.24) is 15.5 Å². The van der Waals surface area contributed by atoms with Crippen molar-refractivity contribution in [2.45, 2.75) is 18.9 Å². The summed E-state index contributed by atoms with van der Waals surface area (Å²) in [6.07, 6.45) is 0. The molecule has 7 heteroatoms. The van der Waals surface area contributed by atoms with Crippen molar-refractivity contribution in [1.29, 1.82) is 0 Å². The Hall–Kier alpha value is -1.96. The highest BCUT2D eigenvalue weighted by atomic mass is 32.1. The van der Waals surface area contributed by atoms with Crippen LogP contribution in [0.15, 0.2) is 46.8 Å². The van der Waals surface area contributed by atoms with Gasteiger partial charge in [-0.15, -0.1) is 11.3 Å². The van der Waals surface area contributed by atoms with Crippen LogP contribution in [-0.4, -0.2) is 57.3 Å². The lowest BCUT2D eigenvalue weighted by atomic mass is 10.0. The van der Waals surface area contributed by atoms with Gasteiger partial charge in [0.1, 0.15) is 5.82 Å². The fraction of sp³-hybridized carbons (Fsp3) is 0.476. The van der Waals surface area contributed by atoms with E-state index < -0.39 is 0 Å². The highest BCUT2D eigenvalue weighted by Crippen LogP contribution is 2.22. The normalized spacial score (nSPS) is 17.9. The van der Waals surface area contributed by atoms with Crippen LogP contribution in [0.4, 0.5) is 4.39 Å². The second-order valence-electron chi connectivity index (χ2n) is 6.97. The molecule has 0 bridgehead atoms. The van der Waals surface area contributed by atoms with Gasteiger partial charge in [-0.25, -0.2) is 4.39 Å². The standard InChI is InChI=1S/C21H29FN4OS/c1-16(20-7-4-12-28-20)14-24-21(23-2)25-15-19(26-8-10-27-11-9-26)17-5-3-6-18(22)13-17/h3-7,12-13,16,19H,8-11,14-15H2,1-2H3,(H2,23,24,25). The van der Waals surface area contributed by atoms with Crippen molar-refractivity contribution >= 4 is 17.3 Å². The number of morpholine rings is 1. The van der Waals surface area contributed by atoms with Crippen LogP contribution in [0, 0.1) is 5.82 Å². The maximum Gasteiger partial charge on any atom is 0.191 e. The Bertz CT molecular complexity index is 747. The van der Waals surface area contributed by atoms with E-state index in [4.69, 9.17) is 4.74 Å². The summed E-state index contributed by atoms with van der Waals surface area (Å²) in [5.74, 6) is 0.970. The smallest absolute Gasteiger partial charge is 0.191 e. The van der Waals surface area contributed by atoms with Crippen molar-refractivity contribution in [2.24, 2.45) is 4.99 Å². The van der Waals surface area contributed by atoms with E-state index in [0.29, 0.717) is 25.7 Å². The summed E-state index contributed by atoms with van der Waals surface area (Å²) in [5, 5.41) is 8.93. The zero-order chi connectivity index (χ0) is 19.8. The molecule has 0 aliphatic carbocycles. The van der Waals surface area contributed by atoms with E-state index >= 15 is 0 Å². The molecule has 3 rings (SSSR count). The third-order valence-corrected chi connectivity index (χ3v) is 6.11. The Labute approximate surface area is 170 Å². The summed E-state index contributed by atoms with van der Waals surface area (Å²) in [6.45, 7) is 6.75. The number of halogens is 1. The molecular weight excluding hydrogens is 375 g/mol. The van der Waals surface area contributed by atoms with Crippen molar-refractivity contribution in [2.75, 3.05) is 46.4 Å². The minimum atomic E-state index is -0.206. The topological polar surface area (TPSA) is 48.9 Å². The molecule has 2 atom stereocenters. The number of guanidine groups is 1. The molecule has 1 aliphatic heterocycles. The van der Waals surface area contributed by atoms with E-state index in [1.165, 1.54) is 10.9 Å². The monoisotopic (exact) mass is 404 g/mol. The lowest BCUT2D eigenvalue weighted by Gasteiger charge is -2.35. The third kappa shape index (κ3) is 5.77. The van der Waals surface area contributed by atoms with Crippen molar-refractivity contribution < 1.29 is 9.13 Å². The lowest BCUT2D eigenvalue weighted by Crippen LogP contribution is -2.46. The molecule has 152 valence electrons. The van der Waals surface area contributed by atoms with Gasteiger partial charge in [-0.3, -0.25) is 9.89 Å². The summed E-state index contributed by atoms with van der Waals surface area (Å²) in [6, 6.07) is 11.2. The molecule has 1 aliphatic rings. The molecule has 2 N–H and O–H groups in total. The van der Waals surface area contributed by atoms with E-state index in [-0.39, 0.29) is 11.9 Å². The van der Waals surface area contributed by atoms with Crippen LogP contribution in [0.2, 0.25) is 0 Å². The average molecular weight is 405 g/mol. The SMILES string of the molecule is CN=C(NCC(C)c1cccs1)NCC(c1cccc(F)c1)N1CCOCC1. The van der Waals surface area contributed by atoms with Gasteiger partial charge in [-0.05, 0) is 29.1 Å². The minimum absolute atomic E-state index is 0.0628. The summed E-state index contributed by atoms with van der Waals surface area (Å²) in [5.41, 5.74) is 0.969. The molecule has 2 heterocycles. The van der Waals surface area contributed by atoms with E-state index in [0.717, 1.165) is 31.2 Å². The number of ether oxygens (including phenoxy) is 1. The maximum atomic E-state index is 13.8. The predicted octanol–water partition coefficient (Wildman–Crippen LogP) is 3.23. The molecule has 2 unspecified atom stereocenters. The van der Waals surface area contributed by atoms with Gasteiger partial charge in [0.15, 0.2) is 5.96 Å². The van der Waals surface area contributed by atoms with Gasteiger partial charge in [0, 0.05) is 44.0 Å². The number of hydrogen-bond acceptors (Lipinski definition) is 4. The van der Waals surface area contributed by atoms with Crippen LogP contribution in [0.5, 0.6) is 0 Å². The van der Waals surface area contributed by atoms with E-state index in [1.54, 1.807) is 30.5 Å². The zero-order valence-corrected chi connectivity index (χ0v) is 17.3. The quantitative estimate of drug-likeness (QED) is 0.550. The number of hydrogen-bond donors (Lipinski definition) is 2. The third-order valence-electron chi connectivity index (χ3n) is 5.01. The Kier molecular flexibility index (Phi) is 7.82. The van der Waals surface area contributed by atoms with Crippen LogP contribution in [0.25, 0.3) is 0 Å². The highest BCUT2D eigenvalue weighted by molar-refractivity contribution is 7.10. The minimum Gasteiger partial charge on any atom is -0.379 e. The van der Waals surface area contributed by atoms with Gasteiger partial charge >= 0.3 is 0 Å². The molecule has 1 fully saturated rings. The summed E-state index contributed by atoms with van der Waals surface area (Å²) in [4.78, 5) is 8.05. The summed E-state index contributed by atoms with van der Waals surface area (Å²) < 4.78 is 19.3. The van der Waals surface area contributed by atoms with Gasteiger partial charge in [-0.1, -0.05) is 25.1 Å². The van der Waals surface area contributed by atoms with Gasteiger partial charge in [0.25, 0.3) is 0 Å². The van der Waals surface area contributed by atoms with E-state index in [1.807, 2.05) is 6.07 Å². The molecule has 0 amide bonds. The van der Waals surface area contributed by atoms with Gasteiger partial charge in [-0.2, -0.15) is 0 Å². The molecule has 2 aromatic rings. The molecule has 1 aromatic carbocycles. The zero-order valence-electron chi connectivity index (χ0n) is 16.5. The average Bonchev–Trinajstić information content (AvgIpc) is 3.26. The number of nitrogens with zero attached hydrogens (tertiary/aromatic N) is 2. The molecule has 5 nitrogen and oxygen atoms in total. The van der Waals surface area contributed by atoms with E-state index in [2.05, 4.69) is 45.0 Å². The van der Waals surface area contributed by atoms with Gasteiger partial charge in [0.2, 0.25) is 0 Å². The first kappa shape index (κ1) is 20.8. The van der Waals surface area contributed by atoms with E-state index in [9.17, 15) is 4.39 Å². The van der Waals surface area contributed by atoms with Crippen LogP contribution >= 0.6 is 11.3 Å². The van der Waals surface area contributed by atoms with Crippen LogP contribution < -0.4 is 10.6 Å². The first-order valence-electron chi connectivity index (χ1n) is 9.72. The van der Waals surface area contributed by atoms with Crippen molar-refractivity contribution in [3.8, 4) is 0 Å². The molecule has 1 aromatic heterocycles. The second-order valence-corrected chi connectivity index (χ2v) is 7.95. The Morgan fingerprint density at radius 3 is 2.68 bits per heavy atom. The fourth-order valence-corrected chi connectivity index (χ4v) is 4.18. The molecule has 1 saturated heterocycles. The molecule has 0 spiro atoms. The van der Waals surface area contributed by atoms with Crippen molar-refractivity contribution in [3.63, 3.8) is 0 Å². The maximum absolute atomic E-state index is 13.8. The fourth-order valence-electron chi connectivity index (χ4n) is 3.40. The Morgan fingerprint density at radius 1 is 1.21 bits per heavy atom. The molecule has 0 saturated carbocycles. The predicted molar refractivity (Wildman–Crippen MR) is 114 cm³/mol. The number of thiophene rings is 1. The van der Waals surface area contributed by atoms with Gasteiger partial charge < -0.3 is 15.4 Å². The van der Waals surface area contributed by atoms with Gasteiger partial charge in [0.05, 0.1) is 19.3 Å². The lowest BCUT2D eigenvalue weighted by molar-refractivity contribution is 0.0169. The number of benzene rings is 1. The first-order chi connectivity index (χ1) is 13.7. The Morgan fingerprint density at radius 2 is 2.00 bits per heavy atom. The molecule has 0 radical (unpaired) electrons.